The lowest BCUT2D eigenvalue weighted by Crippen LogP contribution is -2.29. The average molecular weight is 747 g/mol. The van der Waals surface area contributed by atoms with E-state index in [9.17, 15) is 19.0 Å². The topological polar surface area (TPSA) is 108 Å². The molecule has 0 heterocycles. The Morgan fingerprint density at radius 1 is 0.538 bits per heavy atom. The number of allylic oxidation sites excluding steroid dienone is 14. The van der Waals surface area contributed by atoms with E-state index in [0.717, 1.165) is 70.6 Å². The minimum atomic E-state index is -4.30. The molecular formula is C43H71O8P. The summed E-state index contributed by atoms with van der Waals surface area (Å²) in [6, 6.07) is 0. The van der Waals surface area contributed by atoms with Gasteiger partial charge in [-0.05, 0) is 90.4 Å². The van der Waals surface area contributed by atoms with E-state index in [1.54, 1.807) is 6.92 Å². The van der Waals surface area contributed by atoms with Crippen molar-refractivity contribution in [3.05, 3.63) is 85.1 Å². The zero-order valence-electron chi connectivity index (χ0n) is 32.7. The van der Waals surface area contributed by atoms with E-state index in [1.165, 1.54) is 25.7 Å². The Balaban J connectivity index is 4.28. The fourth-order valence-electron chi connectivity index (χ4n) is 4.81. The average Bonchev–Trinajstić information content (AvgIpc) is 3.12. The van der Waals surface area contributed by atoms with Gasteiger partial charge in [-0.25, -0.2) is 4.57 Å². The number of hydrogen-bond donors (Lipinski definition) is 1. The second kappa shape index (κ2) is 38.0. The third-order valence-corrected chi connectivity index (χ3v) is 8.74. The maximum absolute atomic E-state index is 12.5. The molecule has 0 fully saturated rings. The van der Waals surface area contributed by atoms with Gasteiger partial charge in [0.1, 0.15) is 6.61 Å². The van der Waals surface area contributed by atoms with Gasteiger partial charge >= 0.3 is 19.8 Å². The number of carbonyl (C=O) groups is 2. The fourth-order valence-corrected chi connectivity index (χ4v) is 5.57. The molecule has 9 heteroatoms. The van der Waals surface area contributed by atoms with Crippen molar-refractivity contribution in [1.29, 1.82) is 0 Å². The first-order valence-electron chi connectivity index (χ1n) is 19.9. The molecule has 296 valence electrons. The fraction of sp³-hybridized carbons (Fsp3) is 0.628. The van der Waals surface area contributed by atoms with Crippen LogP contribution in [0.1, 0.15) is 149 Å². The van der Waals surface area contributed by atoms with Crippen LogP contribution < -0.4 is 0 Å². The Labute approximate surface area is 316 Å². The summed E-state index contributed by atoms with van der Waals surface area (Å²) < 4.78 is 32.5. The zero-order chi connectivity index (χ0) is 38.2. The standard InChI is InChI=1S/C43H71O8P/c1-4-7-9-11-13-15-17-19-21-22-24-26-28-30-32-34-36-38-43(45)51-41(40-50-52(46,47)49-6-3)39-48-42(44)37-35-33-31-29-27-25-23-20-18-16-14-12-10-8-5-2/h7,9,13-16,19-21,23-24,26,30,32,41H,4-6,8,10-12,17-18,22,25,27-29,31,33-40H2,1-3H3,(H,46,47)/b9-7-,15-13-,16-14-,21-19-,23-20-,26-24-,32-30-. The highest BCUT2D eigenvalue weighted by Gasteiger charge is 2.25. The second-order valence-electron chi connectivity index (χ2n) is 12.6. The summed E-state index contributed by atoms with van der Waals surface area (Å²) >= 11 is 0. The van der Waals surface area contributed by atoms with Crippen molar-refractivity contribution in [2.75, 3.05) is 19.8 Å². The minimum Gasteiger partial charge on any atom is -0.462 e. The van der Waals surface area contributed by atoms with Crippen LogP contribution in [0.4, 0.5) is 0 Å². The Hall–Kier alpha value is -2.77. The third-order valence-electron chi connectivity index (χ3n) is 7.69. The summed E-state index contributed by atoms with van der Waals surface area (Å²) in [5.74, 6) is -0.892. The number of carbonyl (C=O) groups excluding carboxylic acids is 2. The van der Waals surface area contributed by atoms with Gasteiger partial charge in [-0.2, -0.15) is 0 Å². The van der Waals surface area contributed by atoms with E-state index < -0.39 is 32.5 Å². The molecule has 0 amide bonds. The van der Waals surface area contributed by atoms with Crippen molar-refractivity contribution in [2.24, 2.45) is 0 Å². The highest BCUT2D eigenvalue weighted by atomic mass is 31.2. The number of hydrogen-bond acceptors (Lipinski definition) is 7. The third kappa shape index (κ3) is 37.0. The van der Waals surface area contributed by atoms with Crippen LogP contribution in [-0.4, -0.2) is 42.8 Å². The van der Waals surface area contributed by atoms with Gasteiger partial charge in [-0.1, -0.05) is 131 Å². The summed E-state index contributed by atoms with van der Waals surface area (Å²) in [5.41, 5.74) is 0. The van der Waals surface area contributed by atoms with Gasteiger partial charge in [-0.3, -0.25) is 18.6 Å². The Morgan fingerprint density at radius 2 is 1.00 bits per heavy atom. The monoisotopic (exact) mass is 746 g/mol. The molecule has 2 unspecified atom stereocenters. The summed E-state index contributed by atoms with van der Waals surface area (Å²) in [4.78, 5) is 34.6. The molecule has 0 saturated heterocycles. The lowest BCUT2D eigenvalue weighted by Gasteiger charge is -2.19. The predicted octanol–water partition coefficient (Wildman–Crippen LogP) is 12.3. The van der Waals surface area contributed by atoms with Gasteiger partial charge in [0, 0.05) is 12.8 Å². The van der Waals surface area contributed by atoms with Gasteiger partial charge in [0.2, 0.25) is 0 Å². The number of esters is 2. The maximum Gasteiger partial charge on any atom is 0.472 e. The van der Waals surface area contributed by atoms with Crippen molar-refractivity contribution in [3.63, 3.8) is 0 Å². The van der Waals surface area contributed by atoms with Crippen LogP contribution in [0.3, 0.4) is 0 Å². The first-order chi connectivity index (χ1) is 25.3. The predicted molar refractivity (Wildman–Crippen MR) is 216 cm³/mol. The second-order valence-corrected chi connectivity index (χ2v) is 14.0. The van der Waals surface area contributed by atoms with E-state index in [-0.39, 0.29) is 26.1 Å². The zero-order valence-corrected chi connectivity index (χ0v) is 33.6. The Bertz CT molecular complexity index is 1120. The van der Waals surface area contributed by atoms with Gasteiger partial charge in [-0.15, -0.1) is 0 Å². The van der Waals surface area contributed by atoms with E-state index >= 15 is 0 Å². The van der Waals surface area contributed by atoms with Crippen molar-refractivity contribution in [3.8, 4) is 0 Å². The largest absolute Gasteiger partial charge is 0.472 e. The first kappa shape index (κ1) is 49.2. The number of ether oxygens (including phenoxy) is 2. The molecule has 0 aromatic rings. The van der Waals surface area contributed by atoms with Crippen LogP contribution in [0.15, 0.2) is 85.1 Å². The molecule has 8 nitrogen and oxygen atoms in total. The smallest absolute Gasteiger partial charge is 0.462 e. The van der Waals surface area contributed by atoms with Gasteiger partial charge < -0.3 is 14.4 Å². The molecule has 0 saturated carbocycles. The maximum atomic E-state index is 12.5. The van der Waals surface area contributed by atoms with E-state index in [1.807, 2.05) is 6.08 Å². The molecule has 0 rings (SSSR count). The van der Waals surface area contributed by atoms with Gasteiger partial charge in [0.15, 0.2) is 6.10 Å². The minimum absolute atomic E-state index is 0.0173. The van der Waals surface area contributed by atoms with E-state index in [2.05, 4.69) is 92.8 Å². The number of phosphoric acid groups is 1. The normalized spacial score (nSPS) is 14.3. The molecule has 2 atom stereocenters. The van der Waals surface area contributed by atoms with Gasteiger partial charge in [0.05, 0.1) is 13.2 Å². The SMILES string of the molecule is CC/C=C\C/C=C\C/C=C\C/C=C\C/C=C\CCCC(=O)OC(COC(=O)CCCCCCC/C=C\C/C=C\CCCCC)COP(=O)(O)OCC. The highest BCUT2D eigenvalue weighted by Crippen LogP contribution is 2.43. The first-order valence-corrected chi connectivity index (χ1v) is 21.4. The van der Waals surface area contributed by atoms with Crippen molar-refractivity contribution in [2.45, 2.75) is 155 Å². The van der Waals surface area contributed by atoms with Crippen LogP contribution in [-0.2, 0) is 32.7 Å². The summed E-state index contributed by atoms with van der Waals surface area (Å²) in [5, 5.41) is 0. The van der Waals surface area contributed by atoms with Gasteiger partial charge in [0.25, 0.3) is 0 Å². The molecular weight excluding hydrogens is 675 g/mol. The molecule has 0 aliphatic rings. The Morgan fingerprint density at radius 3 is 1.54 bits per heavy atom. The lowest BCUT2D eigenvalue weighted by molar-refractivity contribution is -0.161. The van der Waals surface area contributed by atoms with Crippen LogP contribution >= 0.6 is 7.82 Å². The number of phosphoric ester groups is 1. The molecule has 1 N–H and O–H groups in total. The van der Waals surface area contributed by atoms with Crippen LogP contribution in [0.25, 0.3) is 0 Å². The summed E-state index contributed by atoms with van der Waals surface area (Å²) in [7, 11) is -4.30. The van der Waals surface area contributed by atoms with Crippen LogP contribution in [0, 0.1) is 0 Å². The van der Waals surface area contributed by atoms with Crippen LogP contribution in [0.2, 0.25) is 0 Å². The number of unbranched alkanes of at least 4 members (excludes halogenated alkanes) is 9. The highest BCUT2D eigenvalue weighted by molar-refractivity contribution is 7.47. The molecule has 0 aromatic heterocycles. The number of rotatable bonds is 35. The van der Waals surface area contributed by atoms with E-state index in [0.29, 0.717) is 19.3 Å². The molecule has 0 radical (unpaired) electrons. The lowest BCUT2D eigenvalue weighted by atomic mass is 10.1. The summed E-state index contributed by atoms with van der Waals surface area (Å²) in [6.45, 7) is 5.22. The Kier molecular flexibility index (Phi) is 35.9. The van der Waals surface area contributed by atoms with Crippen molar-refractivity contribution < 1.29 is 37.6 Å². The van der Waals surface area contributed by atoms with Crippen molar-refractivity contribution in [1.82, 2.24) is 0 Å². The van der Waals surface area contributed by atoms with Crippen LogP contribution in [0.5, 0.6) is 0 Å². The molecule has 0 aliphatic carbocycles. The summed E-state index contributed by atoms with van der Waals surface area (Å²) in [6.07, 6.45) is 47.8. The molecule has 0 spiro atoms. The molecule has 0 aromatic carbocycles. The molecule has 0 aliphatic heterocycles. The van der Waals surface area contributed by atoms with E-state index in [4.69, 9.17) is 18.5 Å². The quantitative estimate of drug-likeness (QED) is 0.0295. The van der Waals surface area contributed by atoms with Crippen molar-refractivity contribution >= 4 is 19.8 Å². The molecule has 0 bridgehead atoms. The molecule has 52 heavy (non-hydrogen) atoms.